The van der Waals surface area contributed by atoms with Gasteiger partial charge < -0.3 is 25.2 Å². The third-order valence-electron chi connectivity index (χ3n) is 6.89. The van der Waals surface area contributed by atoms with Crippen molar-refractivity contribution >= 4 is 40.5 Å². The molecule has 0 saturated carbocycles. The highest BCUT2D eigenvalue weighted by Crippen LogP contribution is 2.42. The standard InChI is InChI=1S/C29H27ClFN5O2S/c1-17-15-20(18(2)36(17)24-16-19(30)10-11-25(24)37)28-27(23-9-5-6-13-32-23)34-29(39)35(28)14-12-26(38)33-22-8-4-3-7-21(22)31/h3-11,13,15-16,27-28,37H,12,14H2,1-2H3,(H,33,38)(H,34,39)/t27-,28-/m1/s1. The summed E-state index contributed by atoms with van der Waals surface area (Å²) >= 11 is 12.0. The number of phenolic OH excluding ortho intramolecular Hbond substituents is 1. The van der Waals surface area contributed by atoms with Gasteiger partial charge in [0.25, 0.3) is 0 Å². The van der Waals surface area contributed by atoms with Crippen LogP contribution < -0.4 is 10.6 Å². The second kappa shape index (κ2) is 11.0. The summed E-state index contributed by atoms with van der Waals surface area (Å²) in [6, 6.07) is 18.2. The number of nitrogens with one attached hydrogen (secondary N) is 2. The largest absolute Gasteiger partial charge is 0.506 e. The molecule has 7 nitrogen and oxygen atoms in total. The molecule has 5 rings (SSSR count). The topological polar surface area (TPSA) is 82.4 Å². The van der Waals surface area contributed by atoms with E-state index in [1.807, 2.05) is 41.5 Å². The van der Waals surface area contributed by atoms with Crippen molar-refractivity contribution in [3.05, 3.63) is 106 Å². The number of aromatic hydroxyl groups is 1. The van der Waals surface area contributed by atoms with Crippen molar-refractivity contribution in [2.24, 2.45) is 0 Å². The van der Waals surface area contributed by atoms with Crippen LogP contribution in [0.4, 0.5) is 10.1 Å². The number of carbonyl (C=O) groups excluding carboxylic acids is 1. The third-order valence-corrected chi connectivity index (χ3v) is 7.48. The van der Waals surface area contributed by atoms with E-state index >= 15 is 0 Å². The summed E-state index contributed by atoms with van der Waals surface area (Å²) < 4.78 is 16.0. The van der Waals surface area contributed by atoms with Crippen LogP contribution in [-0.4, -0.2) is 37.1 Å². The number of thiocarbonyl (C=S) groups is 1. The van der Waals surface area contributed by atoms with Crippen LogP contribution in [-0.2, 0) is 4.79 Å². The van der Waals surface area contributed by atoms with Crippen molar-refractivity contribution in [2.75, 3.05) is 11.9 Å². The number of anilines is 1. The molecule has 1 fully saturated rings. The summed E-state index contributed by atoms with van der Waals surface area (Å²) in [7, 11) is 0. The van der Waals surface area contributed by atoms with E-state index in [0.29, 0.717) is 22.4 Å². The molecule has 1 amide bonds. The number of benzene rings is 2. The number of carbonyl (C=O) groups is 1. The molecule has 2 aromatic carbocycles. The molecule has 0 spiro atoms. The molecule has 1 aliphatic rings. The second-order valence-electron chi connectivity index (χ2n) is 9.39. The number of aryl methyl sites for hydroxylation is 1. The van der Waals surface area contributed by atoms with Gasteiger partial charge in [-0.2, -0.15) is 0 Å². The summed E-state index contributed by atoms with van der Waals surface area (Å²) in [4.78, 5) is 19.3. The highest BCUT2D eigenvalue weighted by Gasteiger charge is 2.41. The number of hydrogen-bond acceptors (Lipinski definition) is 4. The molecule has 2 aromatic heterocycles. The van der Waals surface area contributed by atoms with Crippen molar-refractivity contribution < 1.29 is 14.3 Å². The Morgan fingerprint density at radius 2 is 1.92 bits per heavy atom. The first-order valence-corrected chi connectivity index (χ1v) is 13.2. The van der Waals surface area contributed by atoms with Gasteiger partial charge in [0, 0.05) is 35.6 Å². The quantitative estimate of drug-likeness (QED) is 0.240. The average Bonchev–Trinajstić information content (AvgIpc) is 3.40. The molecule has 200 valence electrons. The lowest BCUT2D eigenvalue weighted by Crippen LogP contribution is -2.33. The summed E-state index contributed by atoms with van der Waals surface area (Å²) in [6.07, 6.45) is 1.82. The Labute approximate surface area is 236 Å². The number of phenols is 1. The smallest absolute Gasteiger partial charge is 0.226 e. The molecule has 0 aliphatic carbocycles. The number of hydrogen-bond donors (Lipinski definition) is 3. The van der Waals surface area contributed by atoms with Gasteiger partial charge in [-0.1, -0.05) is 29.8 Å². The number of rotatable bonds is 7. The third kappa shape index (κ3) is 5.32. The van der Waals surface area contributed by atoms with Crippen molar-refractivity contribution in [1.82, 2.24) is 19.8 Å². The Bertz CT molecular complexity index is 1540. The molecule has 10 heteroatoms. The molecule has 1 saturated heterocycles. The van der Waals surface area contributed by atoms with E-state index in [-0.39, 0.29) is 35.8 Å². The maximum absolute atomic E-state index is 14.1. The minimum atomic E-state index is -0.492. The van der Waals surface area contributed by atoms with Crippen LogP contribution >= 0.6 is 23.8 Å². The van der Waals surface area contributed by atoms with Crippen LogP contribution in [0.3, 0.4) is 0 Å². The maximum Gasteiger partial charge on any atom is 0.226 e. The molecule has 4 aromatic rings. The zero-order valence-corrected chi connectivity index (χ0v) is 22.9. The van der Waals surface area contributed by atoms with E-state index in [1.165, 1.54) is 12.1 Å². The Morgan fingerprint density at radius 3 is 2.67 bits per heavy atom. The highest BCUT2D eigenvalue weighted by molar-refractivity contribution is 7.80. The fourth-order valence-electron chi connectivity index (χ4n) is 5.12. The number of aromatic nitrogens is 2. The molecular formula is C29H27ClFN5O2S. The first-order chi connectivity index (χ1) is 18.7. The zero-order valence-electron chi connectivity index (χ0n) is 21.4. The van der Waals surface area contributed by atoms with Gasteiger partial charge in [0.05, 0.1) is 29.2 Å². The predicted octanol–water partition coefficient (Wildman–Crippen LogP) is 5.99. The zero-order chi connectivity index (χ0) is 27.7. The van der Waals surface area contributed by atoms with Crippen LogP contribution in [0, 0.1) is 19.7 Å². The van der Waals surface area contributed by atoms with Gasteiger partial charge in [0.1, 0.15) is 11.6 Å². The fourth-order valence-corrected chi connectivity index (χ4v) is 5.61. The van der Waals surface area contributed by atoms with E-state index in [4.69, 9.17) is 23.8 Å². The van der Waals surface area contributed by atoms with E-state index in [9.17, 15) is 14.3 Å². The van der Waals surface area contributed by atoms with Gasteiger partial charge in [-0.3, -0.25) is 9.78 Å². The monoisotopic (exact) mass is 563 g/mol. The lowest BCUT2D eigenvalue weighted by atomic mass is 9.96. The van der Waals surface area contributed by atoms with Gasteiger partial charge in [-0.15, -0.1) is 0 Å². The molecule has 1 aliphatic heterocycles. The summed E-state index contributed by atoms with van der Waals surface area (Å²) in [5, 5.41) is 17.7. The first kappa shape index (κ1) is 26.6. The molecule has 39 heavy (non-hydrogen) atoms. The fraction of sp³-hybridized carbons (Fsp3) is 0.207. The minimum absolute atomic E-state index is 0.0927. The summed E-state index contributed by atoms with van der Waals surface area (Å²) in [6.45, 7) is 4.23. The lowest BCUT2D eigenvalue weighted by Gasteiger charge is -2.28. The Morgan fingerprint density at radius 1 is 1.15 bits per heavy atom. The molecule has 3 N–H and O–H groups in total. The Hall–Kier alpha value is -3.95. The molecular weight excluding hydrogens is 537 g/mol. The van der Waals surface area contributed by atoms with E-state index < -0.39 is 5.82 Å². The van der Waals surface area contributed by atoms with Crippen molar-refractivity contribution in [3.8, 4) is 11.4 Å². The van der Waals surface area contributed by atoms with Gasteiger partial charge in [0.2, 0.25) is 5.91 Å². The van der Waals surface area contributed by atoms with Crippen LogP contribution in [0.1, 0.15) is 41.1 Å². The summed E-state index contributed by atoms with van der Waals surface area (Å²) in [5.74, 6) is -0.706. The Balaban J connectivity index is 1.50. The first-order valence-electron chi connectivity index (χ1n) is 12.4. The van der Waals surface area contributed by atoms with Gasteiger partial charge in [0.15, 0.2) is 5.11 Å². The van der Waals surface area contributed by atoms with Gasteiger partial charge >= 0.3 is 0 Å². The van der Waals surface area contributed by atoms with Crippen LogP contribution in [0.2, 0.25) is 5.02 Å². The van der Waals surface area contributed by atoms with Crippen molar-refractivity contribution in [3.63, 3.8) is 0 Å². The Kier molecular flexibility index (Phi) is 7.54. The average molecular weight is 564 g/mol. The maximum atomic E-state index is 14.1. The SMILES string of the molecule is Cc1cc([C@@H]2[C@@H](c3ccccn3)NC(=S)N2CCC(=O)Nc2ccccc2F)c(C)n1-c1cc(Cl)ccc1O. The van der Waals surface area contributed by atoms with E-state index in [1.54, 1.807) is 36.5 Å². The van der Waals surface area contributed by atoms with Crippen LogP contribution in [0.5, 0.6) is 5.75 Å². The summed E-state index contributed by atoms with van der Waals surface area (Å²) in [5.41, 5.74) is 4.26. The number of para-hydroxylation sites is 1. The van der Waals surface area contributed by atoms with Crippen LogP contribution in [0.25, 0.3) is 5.69 Å². The molecule has 3 heterocycles. The number of nitrogens with zero attached hydrogens (tertiary/aromatic N) is 3. The number of halogens is 2. The van der Waals surface area contributed by atoms with E-state index in [2.05, 4.69) is 21.7 Å². The molecule has 0 radical (unpaired) electrons. The minimum Gasteiger partial charge on any atom is -0.506 e. The van der Waals surface area contributed by atoms with E-state index in [0.717, 1.165) is 22.6 Å². The molecule has 2 atom stereocenters. The second-order valence-corrected chi connectivity index (χ2v) is 10.2. The predicted molar refractivity (Wildman–Crippen MR) is 154 cm³/mol. The normalized spacial score (nSPS) is 16.8. The van der Waals surface area contributed by atoms with Gasteiger partial charge in [-0.05, 0) is 80.2 Å². The molecule has 0 unspecified atom stereocenters. The van der Waals surface area contributed by atoms with Crippen LogP contribution in [0.15, 0.2) is 72.9 Å². The molecule has 0 bridgehead atoms. The lowest BCUT2D eigenvalue weighted by molar-refractivity contribution is -0.116. The highest BCUT2D eigenvalue weighted by atomic mass is 35.5. The van der Waals surface area contributed by atoms with Gasteiger partial charge in [-0.25, -0.2) is 4.39 Å². The number of amides is 1. The number of pyridine rings is 1. The van der Waals surface area contributed by atoms with Crippen molar-refractivity contribution in [1.29, 1.82) is 0 Å². The van der Waals surface area contributed by atoms with Crippen molar-refractivity contribution in [2.45, 2.75) is 32.4 Å².